The van der Waals surface area contributed by atoms with Crippen LogP contribution in [0.5, 0.6) is 0 Å². The topological polar surface area (TPSA) is 74.6 Å². The predicted octanol–water partition coefficient (Wildman–Crippen LogP) is 1.34. The number of hydrogen-bond donors (Lipinski definition) is 2. The second-order valence-corrected chi connectivity index (χ2v) is 4.38. The molecule has 0 spiro atoms. The number of quaternary nitrogens is 1. The minimum atomic E-state index is -4.67. The minimum absolute atomic E-state index is 0.927. The van der Waals surface area contributed by atoms with Gasteiger partial charge in [0.15, 0.2) is 0 Å². The molecule has 6 heteroatoms. The molecule has 0 aliphatic carbocycles. The summed E-state index contributed by atoms with van der Waals surface area (Å²) < 4.78 is 32.5. The van der Waals surface area contributed by atoms with Crippen LogP contribution in [-0.2, 0) is 10.4 Å². The molecule has 0 unspecified atom stereocenters. The van der Waals surface area contributed by atoms with Crippen LogP contribution in [0.25, 0.3) is 0 Å². The second-order valence-electron chi connectivity index (χ2n) is 3.48. The lowest BCUT2D eigenvalue weighted by Crippen LogP contribution is -2.44. The van der Waals surface area contributed by atoms with E-state index in [1.807, 2.05) is 18.2 Å². The summed E-state index contributed by atoms with van der Waals surface area (Å²) in [4.78, 5) is 0. The summed E-state index contributed by atoms with van der Waals surface area (Å²) in [6.45, 7) is 14.1. The van der Waals surface area contributed by atoms with Gasteiger partial charge in [0.2, 0.25) is 0 Å². The van der Waals surface area contributed by atoms with Crippen LogP contribution in [0.3, 0.4) is 0 Å². The Morgan fingerprint density at radius 1 is 1.00 bits per heavy atom. The molecule has 0 saturated heterocycles. The summed E-state index contributed by atoms with van der Waals surface area (Å²) in [6.07, 6.45) is 5.81. The molecule has 0 amide bonds. The summed E-state index contributed by atoms with van der Waals surface area (Å²) in [7, 11) is -2.49. The summed E-state index contributed by atoms with van der Waals surface area (Å²) >= 11 is 0. The molecule has 0 aliphatic rings. The Bertz CT molecular complexity index is 287. The zero-order chi connectivity index (χ0) is 13.2. The molecule has 2 N–H and O–H groups in total. The first-order valence-electron chi connectivity index (χ1n) is 4.54. The highest BCUT2D eigenvalue weighted by Crippen LogP contribution is 2.01. The lowest BCUT2D eigenvalue weighted by Gasteiger charge is -2.30. The Morgan fingerprint density at radius 3 is 1.31 bits per heavy atom. The van der Waals surface area contributed by atoms with Crippen molar-refractivity contribution in [1.29, 1.82) is 0 Å². The molecule has 0 rings (SSSR count). The maximum absolute atomic E-state index is 8.74. The highest BCUT2D eigenvalue weighted by Gasteiger charge is 2.14. The monoisotopic (exact) mass is 250 g/mol. The van der Waals surface area contributed by atoms with Crippen LogP contribution in [0.2, 0.25) is 0 Å². The Labute approximate surface area is 97.6 Å². The van der Waals surface area contributed by atoms with Gasteiger partial charge in [-0.2, -0.15) is 8.42 Å². The smallest absolute Gasteiger partial charge is 0.316 e. The molecule has 0 radical (unpaired) electrons. The SMILES string of the molecule is C=CC[N+](C)(CC=C)CC=C.O=S(=O)(O)O. The molecule has 0 fully saturated rings. The van der Waals surface area contributed by atoms with Gasteiger partial charge >= 0.3 is 10.4 Å². The van der Waals surface area contributed by atoms with Crippen LogP contribution >= 0.6 is 0 Å². The van der Waals surface area contributed by atoms with E-state index in [2.05, 4.69) is 26.8 Å². The summed E-state index contributed by atoms with van der Waals surface area (Å²) in [5.74, 6) is 0. The largest absolute Gasteiger partial charge is 0.394 e. The number of likely N-dealkylation sites (N-methyl/N-ethyl adjacent to an activating group) is 1. The van der Waals surface area contributed by atoms with Gasteiger partial charge in [-0.3, -0.25) is 9.11 Å². The Hall–Kier alpha value is -0.950. The molecule has 16 heavy (non-hydrogen) atoms. The fourth-order valence-electron chi connectivity index (χ4n) is 1.16. The van der Waals surface area contributed by atoms with Crippen LogP contribution in [0.15, 0.2) is 38.0 Å². The first-order valence-corrected chi connectivity index (χ1v) is 5.94. The minimum Gasteiger partial charge on any atom is -0.316 e. The molecular weight excluding hydrogens is 230 g/mol. The molecule has 5 nitrogen and oxygen atoms in total. The quantitative estimate of drug-likeness (QED) is 0.424. The first-order chi connectivity index (χ1) is 7.18. The van der Waals surface area contributed by atoms with E-state index >= 15 is 0 Å². The third-order valence-corrected chi connectivity index (χ3v) is 1.71. The van der Waals surface area contributed by atoms with Gasteiger partial charge in [0.1, 0.15) is 0 Å². The van der Waals surface area contributed by atoms with E-state index in [1.165, 1.54) is 0 Å². The van der Waals surface area contributed by atoms with Gasteiger partial charge in [0.25, 0.3) is 0 Å². The van der Waals surface area contributed by atoms with Crippen molar-refractivity contribution in [3.8, 4) is 0 Å². The normalized spacial score (nSPS) is 10.9. The predicted molar refractivity (Wildman–Crippen MR) is 65.6 cm³/mol. The highest BCUT2D eigenvalue weighted by atomic mass is 32.3. The van der Waals surface area contributed by atoms with Crippen molar-refractivity contribution in [2.75, 3.05) is 26.7 Å². The van der Waals surface area contributed by atoms with E-state index in [1.54, 1.807) is 0 Å². The van der Waals surface area contributed by atoms with Gasteiger partial charge in [0.05, 0.1) is 26.7 Å². The molecular formula is C10H20NO4S+. The van der Waals surface area contributed by atoms with E-state index in [0.717, 1.165) is 24.1 Å². The number of hydrogen-bond acceptors (Lipinski definition) is 2. The zero-order valence-electron chi connectivity index (χ0n) is 9.54. The van der Waals surface area contributed by atoms with Crippen molar-refractivity contribution in [3.63, 3.8) is 0 Å². The van der Waals surface area contributed by atoms with Crippen LogP contribution < -0.4 is 0 Å². The molecule has 0 aromatic rings. The van der Waals surface area contributed by atoms with Gasteiger partial charge in [-0.25, -0.2) is 0 Å². The van der Waals surface area contributed by atoms with Crippen molar-refractivity contribution < 1.29 is 22.0 Å². The van der Waals surface area contributed by atoms with Gasteiger partial charge in [-0.15, -0.1) is 0 Å². The van der Waals surface area contributed by atoms with E-state index in [-0.39, 0.29) is 0 Å². The third kappa shape index (κ3) is 15.5. The van der Waals surface area contributed by atoms with Crippen molar-refractivity contribution in [1.82, 2.24) is 0 Å². The molecule has 0 aromatic heterocycles. The van der Waals surface area contributed by atoms with E-state index < -0.39 is 10.4 Å². The number of nitrogens with zero attached hydrogens (tertiary/aromatic N) is 1. The molecule has 0 bridgehead atoms. The maximum Gasteiger partial charge on any atom is 0.394 e. The van der Waals surface area contributed by atoms with E-state index in [9.17, 15) is 0 Å². The van der Waals surface area contributed by atoms with Gasteiger partial charge in [0, 0.05) is 0 Å². The van der Waals surface area contributed by atoms with Crippen molar-refractivity contribution in [2.24, 2.45) is 0 Å². The summed E-state index contributed by atoms with van der Waals surface area (Å²) in [6, 6.07) is 0. The number of rotatable bonds is 6. The lowest BCUT2D eigenvalue weighted by atomic mass is 10.3. The van der Waals surface area contributed by atoms with E-state index in [4.69, 9.17) is 17.5 Å². The summed E-state index contributed by atoms with van der Waals surface area (Å²) in [5.41, 5.74) is 0. The maximum atomic E-state index is 8.74. The van der Waals surface area contributed by atoms with Crippen molar-refractivity contribution in [3.05, 3.63) is 38.0 Å². The summed E-state index contributed by atoms with van der Waals surface area (Å²) in [5, 5.41) is 0. The molecule has 0 aromatic carbocycles. The lowest BCUT2D eigenvalue weighted by molar-refractivity contribution is -0.892. The van der Waals surface area contributed by atoms with Crippen molar-refractivity contribution in [2.45, 2.75) is 0 Å². The van der Waals surface area contributed by atoms with Crippen LogP contribution in [0.1, 0.15) is 0 Å². The fourth-order valence-corrected chi connectivity index (χ4v) is 1.16. The van der Waals surface area contributed by atoms with Gasteiger partial charge < -0.3 is 4.48 Å². The average molecular weight is 250 g/mol. The fraction of sp³-hybridized carbons (Fsp3) is 0.400. The van der Waals surface area contributed by atoms with Gasteiger partial charge in [-0.05, 0) is 18.2 Å². The highest BCUT2D eigenvalue weighted by molar-refractivity contribution is 7.79. The Balaban J connectivity index is 0. The first kappa shape index (κ1) is 17.4. The second kappa shape index (κ2) is 8.23. The van der Waals surface area contributed by atoms with Crippen LogP contribution in [0, 0.1) is 0 Å². The third-order valence-electron chi connectivity index (χ3n) is 1.71. The van der Waals surface area contributed by atoms with E-state index in [0.29, 0.717) is 0 Å². The molecule has 94 valence electrons. The zero-order valence-corrected chi connectivity index (χ0v) is 10.4. The molecule has 0 heterocycles. The van der Waals surface area contributed by atoms with Gasteiger partial charge in [-0.1, -0.05) is 19.7 Å². The Morgan fingerprint density at radius 2 is 1.19 bits per heavy atom. The molecule has 0 atom stereocenters. The van der Waals surface area contributed by atoms with Crippen LogP contribution in [-0.4, -0.2) is 48.7 Å². The van der Waals surface area contributed by atoms with Crippen molar-refractivity contribution >= 4 is 10.4 Å². The molecule has 0 saturated carbocycles. The molecule has 0 aliphatic heterocycles. The average Bonchev–Trinajstić information content (AvgIpc) is 2.01. The standard InChI is InChI=1S/C10H18N.H2O4S/c1-5-8-11(4,9-6-2)10-7-3;1-5(2,3)4/h5-7H,1-3,8-10H2,4H3;(H2,1,2,3,4)/q+1;. The Kier molecular flexibility index (Phi) is 8.97. The van der Waals surface area contributed by atoms with Crippen LogP contribution in [0.4, 0.5) is 0 Å².